The summed E-state index contributed by atoms with van der Waals surface area (Å²) >= 11 is 7.05. The van der Waals surface area contributed by atoms with Gasteiger partial charge >= 0.3 is 0 Å². The molecule has 2 aromatic carbocycles. The summed E-state index contributed by atoms with van der Waals surface area (Å²) in [5.74, 6) is -0.0615. The molecule has 1 unspecified atom stereocenters. The van der Waals surface area contributed by atoms with Crippen LogP contribution < -0.4 is 10.1 Å². The largest absolute Gasteiger partial charge is 0.497 e. The monoisotopic (exact) mass is 577 g/mol. The van der Waals surface area contributed by atoms with Gasteiger partial charge in [0, 0.05) is 31.7 Å². The van der Waals surface area contributed by atoms with Gasteiger partial charge in [-0.15, -0.1) is 0 Å². The quantitative estimate of drug-likeness (QED) is 0.467. The highest BCUT2D eigenvalue weighted by Crippen LogP contribution is 2.32. The average Bonchev–Trinajstić information content (AvgIpc) is 3.16. The van der Waals surface area contributed by atoms with Crippen molar-refractivity contribution in [3.63, 3.8) is 0 Å². The Morgan fingerprint density at radius 1 is 1.21 bits per heavy atom. The molecule has 2 aromatic rings. The Morgan fingerprint density at radius 3 is 2.63 bits per heavy atom. The first-order chi connectivity index (χ1) is 18.1. The molecule has 1 N–H and O–H groups in total. The van der Waals surface area contributed by atoms with Gasteiger partial charge in [0.2, 0.25) is 10.0 Å². The van der Waals surface area contributed by atoms with Gasteiger partial charge in [0.1, 0.15) is 10.6 Å². The van der Waals surface area contributed by atoms with Gasteiger partial charge in [-0.2, -0.15) is 4.31 Å². The standard InChI is InChI=1S/C26H28ClN3O6S2/c1-17-4-3-12-29(16-17)38(34,35)23-15-19(7-10-21(23)27)24(31)28-11-13-30-25(32)22(37-26(30)33)14-18-5-8-20(36-2)9-6-18/h5-10,14-15,17H,3-4,11-13,16H2,1-2H3,(H,28,31)/b22-14+. The van der Waals surface area contributed by atoms with Gasteiger partial charge in [-0.3, -0.25) is 19.3 Å². The summed E-state index contributed by atoms with van der Waals surface area (Å²) in [6, 6.07) is 11.2. The lowest BCUT2D eigenvalue weighted by Crippen LogP contribution is -2.39. The van der Waals surface area contributed by atoms with Gasteiger partial charge in [-0.05, 0) is 72.5 Å². The van der Waals surface area contributed by atoms with Gasteiger partial charge < -0.3 is 10.1 Å². The Bertz CT molecular complexity index is 1380. The molecule has 9 nitrogen and oxygen atoms in total. The fourth-order valence-electron chi connectivity index (χ4n) is 4.27. The first-order valence-electron chi connectivity index (χ1n) is 12.1. The maximum absolute atomic E-state index is 13.2. The fraction of sp³-hybridized carbons (Fsp3) is 0.346. The molecule has 0 radical (unpaired) electrons. The van der Waals surface area contributed by atoms with E-state index in [1.165, 1.54) is 22.5 Å². The van der Waals surface area contributed by atoms with Crippen molar-refractivity contribution < 1.29 is 27.5 Å². The third-order valence-corrected chi connectivity index (χ3v) is 9.59. The molecule has 3 amide bonds. The number of thioether (sulfide) groups is 1. The second-order valence-electron chi connectivity index (χ2n) is 9.12. The average molecular weight is 578 g/mol. The lowest BCUT2D eigenvalue weighted by molar-refractivity contribution is -0.122. The van der Waals surface area contributed by atoms with E-state index in [0.29, 0.717) is 18.8 Å². The van der Waals surface area contributed by atoms with Crippen molar-refractivity contribution in [3.8, 4) is 5.75 Å². The van der Waals surface area contributed by atoms with Crippen LogP contribution in [-0.4, -0.2) is 68.0 Å². The number of carbonyl (C=O) groups is 3. The second-order valence-corrected chi connectivity index (χ2v) is 12.4. The predicted molar refractivity (Wildman–Crippen MR) is 147 cm³/mol. The van der Waals surface area contributed by atoms with E-state index in [4.69, 9.17) is 16.3 Å². The number of rotatable bonds is 8. The molecule has 2 aliphatic heterocycles. The first-order valence-corrected chi connectivity index (χ1v) is 14.7. The van der Waals surface area contributed by atoms with Gasteiger partial charge in [0.05, 0.1) is 17.0 Å². The highest BCUT2D eigenvalue weighted by atomic mass is 35.5. The van der Waals surface area contributed by atoms with Crippen molar-refractivity contribution in [2.45, 2.75) is 24.7 Å². The summed E-state index contributed by atoms with van der Waals surface area (Å²) in [5, 5.41) is 2.26. The molecule has 38 heavy (non-hydrogen) atoms. The Hall–Kier alpha value is -2.86. The number of hydrogen-bond acceptors (Lipinski definition) is 7. The van der Waals surface area contributed by atoms with Crippen LogP contribution in [0.1, 0.15) is 35.7 Å². The predicted octanol–water partition coefficient (Wildman–Crippen LogP) is 4.24. The zero-order valence-electron chi connectivity index (χ0n) is 21.0. The minimum Gasteiger partial charge on any atom is -0.497 e. The van der Waals surface area contributed by atoms with Gasteiger partial charge in [0.15, 0.2) is 0 Å². The highest BCUT2D eigenvalue weighted by Gasteiger charge is 2.35. The molecule has 2 heterocycles. The molecule has 1 atom stereocenters. The number of piperidine rings is 1. The van der Waals surface area contributed by atoms with Gasteiger partial charge in [-0.1, -0.05) is 30.7 Å². The van der Waals surface area contributed by atoms with Crippen LogP contribution in [0.2, 0.25) is 5.02 Å². The topological polar surface area (TPSA) is 113 Å². The van der Waals surface area contributed by atoms with Crippen LogP contribution in [0.3, 0.4) is 0 Å². The van der Waals surface area contributed by atoms with E-state index in [2.05, 4.69) is 5.32 Å². The van der Waals surface area contributed by atoms with Crippen LogP contribution in [0.4, 0.5) is 4.79 Å². The normalized spacial score (nSPS) is 19.7. The molecule has 202 valence electrons. The van der Waals surface area contributed by atoms with Crippen LogP contribution in [0.5, 0.6) is 5.75 Å². The zero-order chi connectivity index (χ0) is 27.4. The molecule has 4 rings (SSSR count). The van der Waals surface area contributed by atoms with Gasteiger partial charge in [-0.25, -0.2) is 8.42 Å². The number of imide groups is 1. The molecule has 0 aliphatic carbocycles. The molecular formula is C26H28ClN3O6S2. The minimum absolute atomic E-state index is 0.00103. The molecular weight excluding hydrogens is 550 g/mol. The number of ether oxygens (including phenoxy) is 1. The van der Waals surface area contributed by atoms with Crippen molar-refractivity contribution in [1.82, 2.24) is 14.5 Å². The number of methoxy groups -OCH3 is 1. The van der Waals surface area contributed by atoms with Crippen molar-refractivity contribution >= 4 is 56.5 Å². The number of sulfonamides is 1. The molecule has 2 aliphatic rings. The van der Waals surface area contributed by atoms with E-state index in [-0.39, 0.29) is 39.4 Å². The van der Waals surface area contributed by atoms with Crippen molar-refractivity contribution in [3.05, 3.63) is 63.5 Å². The number of benzene rings is 2. The van der Waals surface area contributed by atoms with Crippen molar-refractivity contribution in [1.29, 1.82) is 0 Å². The van der Waals surface area contributed by atoms with Crippen LogP contribution in [0.25, 0.3) is 6.08 Å². The summed E-state index contributed by atoms with van der Waals surface area (Å²) in [6.45, 7) is 2.78. The molecule has 2 saturated heterocycles. The summed E-state index contributed by atoms with van der Waals surface area (Å²) < 4.78 is 32.9. The number of hydrogen-bond donors (Lipinski definition) is 1. The van der Waals surface area contributed by atoms with Crippen LogP contribution in [0, 0.1) is 5.92 Å². The lowest BCUT2D eigenvalue weighted by Gasteiger charge is -2.30. The maximum Gasteiger partial charge on any atom is 0.293 e. The zero-order valence-corrected chi connectivity index (χ0v) is 23.4. The Kier molecular flexibility index (Phi) is 8.81. The van der Waals surface area contributed by atoms with Crippen LogP contribution in [0.15, 0.2) is 52.3 Å². The minimum atomic E-state index is -3.86. The smallest absolute Gasteiger partial charge is 0.293 e. The molecule has 0 saturated carbocycles. The summed E-state index contributed by atoms with van der Waals surface area (Å²) in [7, 11) is -2.30. The maximum atomic E-state index is 13.2. The van der Waals surface area contributed by atoms with E-state index in [9.17, 15) is 22.8 Å². The lowest BCUT2D eigenvalue weighted by atomic mass is 10.0. The molecule has 0 aromatic heterocycles. The number of amides is 3. The Balaban J connectivity index is 1.39. The van der Waals surface area contributed by atoms with E-state index in [1.54, 1.807) is 37.5 Å². The highest BCUT2D eigenvalue weighted by molar-refractivity contribution is 8.18. The van der Waals surface area contributed by atoms with E-state index < -0.39 is 27.1 Å². The van der Waals surface area contributed by atoms with Crippen molar-refractivity contribution in [2.75, 3.05) is 33.3 Å². The molecule has 0 spiro atoms. The second kappa shape index (κ2) is 11.9. The van der Waals surface area contributed by atoms with Crippen molar-refractivity contribution in [2.24, 2.45) is 5.92 Å². The van der Waals surface area contributed by atoms with E-state index in [1.807, 2.05) is 6.92 Å². The summed E-state index contributed by atoms with van der Waals surface area (Å²) in [6.07, 6.45) is 3.35. The third kappa shape index (κ3) is 6.23. The Labute approximate surface area is 231 Å². The fourth-order valence-corrected chi connectivity index (χ4v) is 7.24. The third-order valence-electron chi connectivity index (χ3n) is 6.34. The molecule has 0 bridgehead atoms. The summed E-state index contributed by atoms with van der Waals surface area (Å²) in [4.78, 5) is 39.2. The SMILES string of the molecule is COc1ccc(/C=C2/SC(=O)N(CCNC(=O)c3ccc(Cl)c(S(=O)(=O)N4CCCC(C)C4)c3)C2=O)cc1. The number of nitrogens with one attached hydrogen (secondary N) is 1. The van der Waals surface area contributed by atoms with Gasteiger partial charge in [0.25, 0.3) is 17.1 Å². The number of nitrogens with zero attached hydrogens (tertiary/aromatic N) is 2. The van der Waals surface area contributed by atoms with Crippen LogP contribution in [-0.2, 0) is 14.8 Å². The van der Waals surface area contributed by atoms with E-state index >= 15 is 0 Å². The summed E-state index contributed by atoms with van der Waals surface area (Å²) in [5.41, 5.74) is 0.865. The first kappa shape index (κ1) is 28.2. The number of halogens is 1. The molecule has 2 fully saturated rings. The van der Waals surface area contributed by atoms with Crippen LogP contribution >= 0.6 is 23.4 Å². The number of carbonyl (C=O) groups excluding carboxylic acids is 3. The van der Waals surface area contributed by atoms with E-state index in [0.717, 1.165) is 35.1 Å². The molecule has 12 heteroatoms. The Morgan fingerprint density at radius 2 is 1.95 bits per heavy atom.